The number of para-hydroxylation sites is 2. The van der Waals surface area contributed by atoms with Crippen molar-refractivity contribution in [3.8, 4) is 0 Å². The number of nitrogens with one attached hydrogen (secondary N) is 1. The van der Waals surface area contributed by atoms with Gasteiger partial charge in [0.05, 0.1) is 21.5 Å². The van der Waals surface area contributed by atoms with Gasteiger partial charge < -0.3 is 5.32 Å². The average molecular weight is 542 g/mol. The Morgan fingerprint density at radius 3 is 2.53 bits per heavy atom. The number of halogens is 3. The first-order chi connectivity index (χ1) is 17.2. The van der Waals surface area contributed by atoms with Crippen LogP contribution in [0.1, 0.15) is 30.9 Å². The molecule has 0 aliphatic carbocycles. The van der Waals surface area contributed by atoms with Gasteiger partial charge in [0.2, 0.25) is 5.91 Å². The van der Waals surface area contributed by atoms with Gasteiger partial charge in [0.1, 0.15) is 11.5 Å². The fourth-order valence-corrected chi connectivity index (χ4v) is 4.74. The van der Waals surface area contributed by atoms with Crippen LogP contribution in [0, 0.1) is 5.82 Å². The molecule has 4 rings (SSSR count). The van der Waals surface area contributed by atoms with Crippen molar-refractivity contribution in [2.75, 3.05) is 16.0 Å². The van der Waals surface area contributed by atoms with Crippen LogP contribution in [0.25, 0.3) is 6.08 Å². The lowest BCUT2D eigenvalue weighted by Crippen LogP contribution is -2.32. The first kappa shape index (κ1) is 25.9. The summed E-state index contributed by atoms with van der Waals surface area (Å²) >= 11 is 13.1. The van der Waals surface area contributed by atoms with Crippen LogP contribution in [0.2, 0.25) is 10.0 Å². The van der Waals surface area contributed by atoms with Crippen molar-refractivity contribution in [1.29, 1.82) is 0 Å². The van der Waals surface area contributed by atoms with Gasteiger partial charge in [-0.05, 0) is 53.5 Å². The summed E-state index contributed by atoms with van der Waals surface area (Å²) in [5.41, 5.74) is 2.50. The molecule has 0 atom stereocenters. The Labute approximate surface area is 223 Å². The third-order valence-electron chi connectivity index (χ3n) is 5.36. The van der Waals surface area contributed by atoms with Crippen LogP contribution in [0.15, 0.2) is 77.4 Å². The largest absolute Gasteiger partial charge is 0.325 e. The number of amides is 2. The van der Waals surface area contributed by atoms with Gasteiger partial charge in [-0.25, -0.2) is 9.38 Å². The molecule has 5 nitrogen and oxygen atoms in total. The summed E-state index contributed by atoms with van der Waals surface area (Å²) < 4.78 is 14.7. The number of amidine groups is 1. The Hall–Kier alpha value is -3.13. The molecule has 1 aliphatic heterocycles. The monoisotopic (exact) mass is 541 g/mol. The van der Waals surface area contributed by atoms with Crippen LogP contribution in [0.5, 0.6) is 0 Å². The molecule has 2 amide bonds. The molecule has 0 spiro atoms. The standard InChI is InChI=1S/C27H22Cl2FN3O2S/c1-16(2)18-7-3-5-9-22(18)31-25(34)15-36-27-32-23(14-17-11-12-19(28)20(29)13-17)26(35)33(27)24-10-6-4-8-21(24)30/h3-14,16H,15H2,1-2H3,(H,31,34)/b23-14-. The summed E-state index contributed by atoms with van der Waals surface area (Å²) in [6.07, 6.45) is 1.55. The lowest BCUT2D eigenvalue weighted by atomic mass is 10.0. The van der Waals surface area contributed by atoms with E-state index in [-0.39, 0.29) is 34.1 Å². The third kappa shape index (κ3) is 5.81. The van der Waals surface area contributed by atoms with E-state index in [0.29, 0.717) is 15.6 Å². The average Bonchev–Trinajstić information content (AvgIpc) is 3.15. The summed E-state index contributed by atoms with van der Waals surface area (Å²) in [6, 6.07) is 18.4. The first-order valence-electron chi connectivity index (χ1n) is 11.1. The van der Waals surface area contributed by atoms with Crippen LogP contribution < -0.4 is 10.2 Å². The molecule has 3 aromatic rings. The smallest absolute Gasteiger partial charge is 0.283 e. The Balaban J connectivity index is 1.60. The van der Waals surface area contributed by atoms with Crippen LogP contribution in [0.4, 0.5) is 15.8 Å². The molecule has 0 saturated carbocycles. The second kappa shape index (κ2) is 11.3. The first-order valence-corrected chi connectivity index (χ1v) is 12.8. The maximum atomic E-state index is 14.7. The molecule has 9 heteroatoms. The quantitative estimate of drug-likeness (QED) is 0.331. The van der Waals surface area contributed by atoms with Crippen LogP contribution in [-0.2, 0) is 9.59 Å². The number of rotatable bonds is 6. The summed E-state index contributed by atoms with van der Waals surface area (Å²) in [5, 5.41) is 3.84. The number of hydrogen-bond donors (Lipinski definition) is 1. The molecular formula is C27H22Cl2FN3O2S. The molecule has 36 heavy (non-hydrogen) atoms. The molecule has 0 aromatic heterocycles. The lowest BCUT2D eigenvalue weighted by Gasteiger charge is -2.18. The van der Waals surface area contributed by atoms with Gasteiger partial charge in [-0.1, -0.05) is 85.2 Å². The van der Waals surface area contributed by atoms with Crippen molar-refractivity contribution < 1.29 is 14.0 Å². The minimum atomic E-state index is -0.578. The molecule has 1 heterocycles. The maximum absolute atomic E-state index is 14.7. The normalized spacial score (nSPS) is 14.5. The van der Waals surface area contributed by atoms with E-state index in [2.05, 4.69) is 10.3 Å². The molecule has 0 radical (unpaired) electrons. The third-order valence-corrected chi connectivity index (χ3v) is 7.04. The SMILES string of the molecule is CC(C)c1ccccc1NC(=O)CSC1=N/C(=C\c2ccc(Cl)c(Cl)c2)C(=O)N1c1ccccc1F. The number of anilines is 2. The molecule has 1 aliphatic rings. The summed E-state index contributed by atoms with van der Waals surface area (Å²) in [5.74, 6) is -1.15. The zero-order chi connectivity index (χ0) is 25.8. The topological polar surface area (TPSA) is 61.8 Å². The second-order valence-electron chi connectivity index (χ2n) is 8.27. The van der Waals surface area contributed by atoms with E-state index >= 15 is 0 Å². The molecule has 3 aromatic carbocycles. The molecule has 0 bridgehead atoms. The van der Waals surface area contributed by atoms with Crippen molar-refractivity contribution in [2.24, 2.45) is 4.99 Å². The minimum absolute atomic E-state index is 0.0243. The highest BCUT2D eigenvalue weighted by atomic mass is 35.5. The van der Waals surface area contributed by atoms with Gasteiger partial charge >= 0.3 is 0 Å². The summed E-state index contributed by atoms with van der Waals surface area (Å²) in [6.45, 7) is 4.10. The molecule has 0 unspecified atom stereocenters. The van der Waals surface area contributed by atoms with Crippen LogP contribution in [-0.4, -0.2) is 22.7 Å². The lowest BCUT2D eigenvalue weighted by molar-refractivity contribution is -0.114. The number of nitrogens with zero attached hydrogens (tertiary/aromatic N) is 2. The predicted octanol–water partition coefficient (Wildman–Crippen LogP) is 7.37. The summed E-state index contributed by atoms with van der Waals surface area (Å²) in [7, 11) is 0. The van der Waals surface area contributed by atoms with E-state index in [1.807, 2.05) is 38.1 Å². The number of carbonyl (C=O) groups excluding carboxylic acids is 2. The van der Waals surface area contributed by atoms with Gasteiger partial charge in [0, 0.05) is 5.69 Å². The molecule has 1 N–H and O–H groups in total. The van der Waals surface area contributed by atoms with Crippen LogP contribution in [0.3, 0.4) is 0 Å². The van der Waals surface area contributed by atoms with E-state index in [1.165, 1.54) is 23.1 Å². The van der Waals surface area contributed by atoms with Gasteiger partial charge in [-0.15, -0.1) is 0 Å². The fourth-order valence-electron chi connectivity index (χ4n) is 3.63. The molecule has 0 fully saturated rings. The van der Waals surface area contributed by atoms with E-state index < -0.39 is 11.7 Å². The van der Waals surface area contributed by atoms with Crippen LogP contribution >= 0.6 is 35.0 Å². The zero-order valence-corrected chi connectivity index (χ0v) is 21.8. The van der Waals surface area contributed by atoms with E-state index in [0.717, 1.165) is 23.0 Å². The Kier molecular flexibility index (Phi) is 8.14. The number of thioether (sulfide) groups is 1. The predicted molar refractivity (Wildman–Crippen MR) is 147 cm³/mol. The Morgan fingerprint density at radius 2 is 1.81 bits per heavy atom. The van der Waals surface area contributed by atoms with Crippen molar-refractivity contribution in [2.45, 2.75) is 19.8 Å². The highest BCUT2D eigenvalue weighted by Crippen LogP contribution is 2.32. The number of aliphatic imine (C=N–C) groups is 1. The van der Waals surface area contributed by atoms with E-state index in [9.17, 15) is 14.0 Å². The highest BCUT2D eigenvalue weighted by molar-refractivity contribution is 8.14. The summed E-state index contributed by atoms with van der Waals surface area (Å²) in [4.78, 5) is 31.7. The van der Waals surface area contributed by atoms with Crippen molar-refractivity contribution in [3.63, 3.8) is 0 Å². The molecular weight excluding hydrogens is 520 g/mol. The highest BCUT2D eigenvalue weighted by Gasteiger charge is 2.34. The van der Waals surface area contributed by atoms with Gasteiger partial charge in [0.15, 0.2) is 5.17 Å². The number of carbonyl (C=O) groups is 2. The molecule has 0 saturated heterocycles. The van der Waals surface area contributed by atoms with Crippen molar-refractivity contribution in [1.82, 2.24) is 0 Å². The minimum Gasteiger partial charge on any atom is -0.325 e. The molecule has 184 valence electrons. The van der Waals surface area contributed by atoms with Gasteiger partial charge in [-0.3, -0.25) is 14.5 Å². The van der Waals surface area contributed by atoms with E-state index in [1.54, 1.807) is 30.3 Å². The number of benzene rings is 3. The fraction of sp³-hybridized carbons (Fsp3) is 0.148. The number of hydrogen-bond acceptors (Lipinski definition) is 4. The van der Waals surface area contributed by atoms with Gasteiger partial charge in [0.25, 0.3) is 5.91 Å². The zero-order valence-electron chi connectivity index (χ0n) is 19.5. The van der Waals surface area contributed by atoms with E-state index in [4.69, 9.17) is 23.2 Å². The van der Waals surface area contributed by atoms with Gasteiger partial charge in [-0.2, -0.15) is 0 Å². The maximum Gasteiger partial charge on any atom is 0.283 e. The Bertz CT molecular complexity index is 1390. The Morgan fingerprint density at radius 1 is 1.08 bits per heavy atom. The van der Waals surface area contributed by atoms with Crippen molar-refractivity contribution in [3.05, 3.63) is 99.4 Å². The second-order valence-corrected chi connectivity index (χ2v) is 10.0. The van der Waals surface area contributed by atoms with Crippen molar-refractivity contribution >= 4 is 69.4 Å².